The number of hydrogen-bond acceptors (Lipinski definition) is 8. The second-order valence-electron chi connectivity index (χ2n) is 6.52. The van der Waals surface area contributed by atoms with Gasteiger partial charge in [-0.05, 0) is 32.0 Å². The van der Waals surface area contributed by atoms with Crippen LogP contribution in [0.4, 0.5) is 11.5 Å². The number of anilines is 1. The molecule has 0 radical (unpaired) electrons. The van der Waals surface area contributed by atoms with Crippen LogP contribution in [0.15, 0.2) is 45.9 Å². The molecule has 0 aliphatic carbocycles. The summed E-state index contributed by atoms with van der Waals surface area (Å²) in [5.74, 6) is 1.24. The molecule has 0 atom stereocenters. The number of hydrazone groups is 1. The van der Waals surface area contributed by atoms with E-state index in [2.05, 4.69) is 21.6 Å². The van der Waals surface area contributed by atoms with E-state index < -0.39 is 4.92 Å². The fraction of sp³-hybridized carbons (Fsp3) is 0.190. The summed E-state index contributed by atoms with van der Waals surface area (Å²) >= 11 is 0. The molecule has 0 amide bonds. The molecule has 0 aliphatic heterocycles. The fourth-order valence-corrected chi connectivity index (χ4v) is 2.91. The van der Waals surface area contributed by atoms with Gasteiger partial charge in [0.15, 0.2) is 5.82 Å². The largest absolute Gasteiger partial charge is 0.455 e. The van der Waals surface area contributed by atoms with Gasteiger partial charge >= 0.3 is 0 Å². The summed E-state index contributed by atoms with van der Waals surface area (Å²) in [6.45, 7) is 3.78. The van der Waals surface area contributed by atoms with Crippen LogP contribution in [0, 0.1) is 35.3 Å². The number of rotatable bonds is 7. The van der Waals surface area contributed by atoms with Gasteiger partial charge in [0, 0.05) is 35.6 Å². The monoisotopic (exact) mass is 405 g/mol. The van der Waals surface area contributed by atoms with Crippen LogP contribution in [0.2, 0.25) is 0 Å². The first-order chi connectivity index (χ1) is 14.4. The second kappa shape index (κ2) is 8.98. The van der Waals surface area contributed by atoms with E-state index in [0.29, 0.717) is 39.6 Å². The van der Waals surface area contributed by atoms with Crippen molar-refractivity contribution in [3.8, 4) is 17.4 Å². The van der Waals surface area contributed by atoms with Gasteiger partial charge in [0.05, 0.1) is 17.7 Å². The summed E-state index contributed by atoms with van der Waals surface area (Å²) in [5, 5.41) is 24.7. The highest BCUT2D eigenvalue weighted by Crippen LogP contribution is 2.28. The number of methoxy groups -OCH3 is 1. The van der Waals surface area contributed by atoms with E-state index >= 15 is 0 Å². The Labute approximate surface area is 172 Å². The van der Waals surface area contributed by atoms with Crippen LogP contribution in [-0.4, -0.2) is 23.2 Å². The van der Waals surface area contributed by atoms with Gasteiger partial charge in [0.1, 0.15) is 23.2 Å². The molecule has 0 saturated carbocycles. The Hall–Kier alpha value is -4.03. The van der Waals surface area contributed by atoms with Crippen molar-refractivity contribution >= 4 is 17.7 Å². The third kappa shape index (κ3) is 4.51. The van der Waals surface area contributed by atoms with E-state index in [-0.39, 0.29) is 12.3 Å². The average molecular weight is 405 g/mol. The Morgan fingerprint density at radius 1 is 1.33 bits per heavy atom. The van der Waals surface area contributed by atoms with Crippen LogP contribution >= 0.6 is 0 Å². The van der Waals surface area contributed by atoms with Gasteiger partial charge in [0.25, 0.3) is 5.69 Å². The number of furan rings is 1. The average Bonchev–Trinajstić information content (AvgIpc) is 3.17. The Morgan fingerprint density at radius 2 is 2.13 bits per heavy atom. The third-order valence-corrected chi connectivity index (χ3v) is 4.32. The lowest BCUT2D eigenvalue weighted by Gasteiger charge is -2.08. The number of nitro benzene ring substituents is 1. The summed E-state index contributed by atoms with van der Waals surface area (Å²) in [5.41, 5.74) is 5.75. The van der Waals surface area contributed by atoms with Crippen molar-refractivity contribution in [3.05, 3.63) is 74.7 Å². The minimum atomic E-state index is -0.423. The van der Waals surface area contributed by atoms with Crippen molar-refractivity contribution in [2.24, 2.45) is 5.10 Å². The molecule has 3 aromatic rings. The summed E-state index contributed by atoms with van der Waals surface area (Å²) in [7, 11) is 1.55. The second-order valence-corrected chi connectivity index (χ2v) is 6.52. The van der Waals surface area contributed by atoms with Gasteiger partial charge in [-0.1, -0.05) is 12.1 Å². The minimum Gasteiger partial charge on any atom is -0.455 e. The van der Waals surface area contributed by atoms with E-state index in [1.807, 2.05) is 6.92 Å². The van der Waals surface area contributed by atoms with Crippen molar-refractivity contribution in [1.82, 2.24) is 4.98 Å². The van der Waals surface area contributed by atoms with E-state index in [1.54, 1.807) is 44.4 Å². The van der Waals surface area contributed by atoms with Gasteiger partial charge in [0.2, 0.25) is 0 Å². The number of nitrogens with one attached hydrogen (secondary N) is 1. The summed E-state index contributed by atoms with van der Waals surface area (Å²) in [6, 6.07) is 12.2. The van der Waals surface area contributed by atoms with Crippen molar-refractivity contribution in [2.75, 3.05) is 12.5 Å². The molecule has 0 spiro atoms. The van der Waals surface area contributed by atoms with Crippen LogP contribution in [0.1, 0.15) is 28.1 Å². The van der Waals surface area contributed by atoms with Crippen LogP contribution in [0.25, 0.3) is 11.3 Å². The highest BCUT2D eigenvalue weighted by atomic mass is 16.6. The molecule has 0 fully saturated rings. The van der Waals surface area contributed by atoms with Crippen molar-refractivity contribution in [1.29, 1.82) is 5.26 Å². The molecule has 0 unspecified atom stereocenters. The molecule has 2 heterocycles. The van der Waals surface area contributed by atoms with Gasteiger partial charge in [-0.25, -0.2) is 4.98 Å². The molecular weight excluding hydrogens is 386 g/mol. The summed E-state index contributed by atoms with van der Waals surface area (Å²) in [4.78, 5) is 15.0. The third-order valence-electron chi connectivity index (χ3n) is 4.32. The maximum atomic E-state index is 11.1. The first-order valence-electron chi connectivity index (χ1n) is 8.96. The smallest absolute Gasteiger partial charge is 0.273 e. The number of nitriles is 1. The Kier molecular flexibility index (Phi) is 6.20. The number of aryl methyl sites for hydroxylation is 2. The molecule has 152 valence electrons. The van der Waals surface area contributed by atoms with E-state index in [4.69, 9.17) is 9.15 Å². The fourth-order valence-electron chi connectivity index (χ4n) is 2.91. The quantitative estimate of drug-likeness (QED) is 0.352. The minimum absolute atomic E-state index is 0.0298. The predicted octanol–water partition coefficient (Wildman–Crippen LogP) is 4.33. The van der Waals surface area contributed by atoms with Crippen LogP contribution in [0.5, 0.6) is 0 Å². The normalized spacial score (nSPS) is 10.9. The predicted molar refractivity (Wildman–Crippen MR) is 111 cm³/mol. The Balaban J connectivity index is 1.80. The van der Waals surface area contributed by atoms with Crippen molar-refractivity contribution in [2.45, 2.75) is 20.5 Å². The lowest BCUT2D eigenvalue weighted by molar-refractivity contribution is -0.385. The van der Waals surface area contributed by atoms with Gasteiger partial charge in [-0.3, -0.25) is 15.5 Å². The lowest BCUT2D eigenvalue weighted by Crippen LogP contribution is -2.03. The van der Waals surface area contributed by atoms with Crippen molar-refractivity contribution < 1.29 is 14.1 Å². The van der Waals surface area contributed by atoms with Crippen LogP contribution in [-0.2, 0) is 11.3 Å². The number of benzene rings is 1. The lowest BCUT2D eigenvalue weighted by atomic mass is 10.1. The molecule has 9 heteroatoms. The topological polar surface area (TPSA) is 127 Å². The maximum absolute atomic E-state index is 11.1. The maximum Gasteiger partial charge on any atom is 0.273 e. The Morgan fingerprint density at radius 3 is 2.83 bits per heavy atom. The van der Waals surface area contributed by atoms with E-state index in [1.165, 1.54) is 12.3 Å². The molecule has 30 heavy (non-hydrogen) atoms. The number of aromatic nitrogens is 1. The van der Waals surface area contributed by atoms with Gasteiger partial charge in [-0.15, -0.1) is 0 Å². The number of nitro groups is 1. The van der Waals surface area contributed by atoms with Crippen LogP contribution in [0.3, 0.4) is 0 Å². The molecule has 1 N–H and O–H groups in total. The number of ether oxygens (including phenoxy) is 1. The Bertz CT molecular complexity index is 1160. The van der Waals surface area contributed by atoms with E-state index in [9.17, 15) is 15.4 Å². The zero-order valence-electron chi connectivity index (χ0n) is 16.7. The van der Waals surface area contributed by atoms with Gasteiger partial charge < -0.3 is 9.15 Å². The molecule has 9 nitrogen and oxygen atoms in total. The molecular formula is C21H19N5O4. The first kappa shape index (κ1) is 20.7. The first-order valence-corrected chi connectivity index (χ1v) is 8.96. The molecule has 1 aromatic carbocycles. The number of pyridine rings is 1. The highest BCUT2D eigenvalue weighted by Gasteiger charge is 2.14. The van der Waals surface area contributed by atoms with Gasteiger partial charge in [-0.2, -0.15) is 10.4 Å². The summed E-state index contributed by atoms with van der Waals surface area (Å²) in [6.07, 6.45) is 1.44. The standard InChI is InChI=1S/C21H19N5O4/c1-13-4-5-15(9-19(13)26(27)28)20-7-6-17(30-20)11-23-25-21-18(10-22)16(12-29-3)8-14(2)24-21/h4-9,11H,12H2,1-3H3,(H,24,25)/b23-11+. The van der Waals surface area contributed by atoms with E-state index in [0.717, 1.165) is 5.69 Å². The molecule has 2 aromatic heterocycles. The molecule has 0 bridgehead atoms. The highest BCUT2D eigenvalue weighted by molar-refractivity contribution is 5.78. The molecule has 3 rings (SSSR count). The molecule has 0 saturated heterocycles. The zero-order chi connectivity index (χ0) is 21.7. The van der Waals surface area contributed by atoms with Crippen LogP contribution < -0.4 is 5.43 Å². The number of nitrogens with zero attached hydrogens (tertiary/aromatic N) is 4. The molecule has 0 aliphatic rings. The van der Waals surface area contributed by atoms with Crippen molar-refractivity contribution in [3.63, 3.8) is 0 Å². The summed E-state index contributed by atoms with van der Waals surface area (Å²) < 4.78 is 10.8. The zero-order valence-corrected chi connectivity index (χ0v) is 16.7. The number of hydrogen-bond donors (Lipinski definition) is 1. The SMILES string of the molecule is COCc1cc(C)nc(N/N=C/c2ccc(-c3ccc(C)c([N+](=O)[O-])c3)o2)c1C#N.